The Labute approximate surface area is 228 Å². The fraction of sp³-hybridized carbons (Fsp3) is 0.429. The summed E-state index contributed by atoms with van der Waals surface area (Å²) in [4.78, 5) is 54.3. The first-order valence-electron chi connectivity index (χ1n) is 12.9. The van der Waals surface area contributed by atoms with Crippen molar-refractivity contribution < 1.29 is 29.0 Å². The molecule has 1 atom stereocenters. The molecule has 1 aliphatic rings. The monoisotopic (exact) mass is 539 g/mol. The maximum Gasteiger partial charge on any atom is 0.323 e. The van der Waals surface area contributed by atoms with Gasteiger partial charge in [0, 0.05) is 45.0 Å². The molecule has 11 heteroatoms. The van der Waals surface area contributed by atoms with Crippen molar-refractivity contribution in [2.75, 3.05) is 51.0 Å². The van der Waals surface area contributed by atoms with E-state index in [0.717, 1.165) is 11.1 Å². The van der Waals surface area contributed by atoms with Crippen LogP contribution in [0.4, 0.5) is 21.0 Å². The second-order valence-electron chi connectivity index (χ2n) is 9.67. The number of urea groups is 2. The number of carboxylic acids is 1. The molecular weight excluding hydrogens is 502 g/mol. The summed E-state index contributed by atoms with van der Waals surface area (Å²) in [5.41, 5.74) is 2.86. The molecule has 5 amide bonds. The van der Waals surface area contributed by atoms with Crippen LogP contribution >= 0.6 is 0 Å². The fourth-order valence-corrected chi connectivity index (χ4v) is 4.38. The van der Waals surface area contributed by atoms with E-state index in [1.165, 1.54) is 12.0 Å². The molecule has 3 rings (SSSR count). The Morgan fingerprint density at radius 1 is 1.00 bits per heavy atom. The summed E-state index contributed by atoms with van der Waals surface area (Å²) in [6.07, 6.45) is 0.645. The van der Waals surface area contributed by atoms with Crippen molar-refractivity contribution in [1.82, 2.24) is 14.7 Å². The molecule has 11 nitrogen and oxygen atoms in total. The van der Waals surface area contributed by atoms with Gasteiger partial charge in [-0.25, -0.2) is 9.59 Å². The molecule has 2 aromatic carbocycles. The van der Waals surface area contributed by atoms with E-state index in [2.05, 4.69) is 10.6 Å². The minimum atomic E-state index is -0.958. The van der Waals surface area contributed by atoms with E-state index in [4.69, 9.17) is 9.84 Å². The van der Waals surface area contributed by atoms with Crippen LogP contribution in [0.15, 0.2) is 42.5 Å². The summed E-state index contributed by atoms with van der Waals surface area (Å²) >= 11 is 0. The van der Waals surface area contributed by atoms with Crippen LogP contribution in [0.3, 0.4) is 0 Å². The van der Waals surface area contributed by atoms with Crippen molar-refractivity contribution in [3.63, 3.8) is 0 Å². The van der Waals surface area contributed by atoms with E-state index in [9.17, 15) is 19.2 Å². The lowest BCUT2D eigenvalue weighted by Gasteiger charge is -2.30. The average molecular weight is 540 g/mol. The lowest BCUT2D eigenvalue weighted by molar-refractivity contribution is -0.138. The maximum atomic E-state index is 13.1. The number of nitrogens with one attached hydrogen (secondary N) is 2. The van der Waals surface area contributed by atoms with E-state index in [1.54, 1.807) is 42.0 Å². The number of anilines is 2. The summed E-state index contributed by atoms with van der Waals surface area (Å²) in [6.45, 7) is 5.38. The Bertz CT molecular complexity index is 1200. The second kappa shape index (κ2) is 13.5. The van der Waals surface area contributed by atoms with Crippen LogP contribution in [-0.2, 0) is 16.0 Å². The number of nitrogens with zero attached hydrogens (tertiary/aromatic N) is 3. The number of para-hydroxylation sites is 1. The number of hydrogen-bond donors (Lipinski definition) is 3. The quantitative estimate of drug-likeness (QED) is 0.469. The first-order valence-corrected chi connectivity index (χ1v) is 12.9. The van der Waals surface area contributed by atoms with Crippen LogP contribution in [-0.4, -0.2) is 90.1 Å². The second-order valence-corrected chi connectivity index (χ2v) is 9.67. The predicted molar refractivity (Wildman–Crippen MR) is 148 cm³/mol. The topological polar surface area (TPSA) is 132 Å². The normalized spacial score (nSPS) is 14.2. The van der Waals surface area contributed by atoms with Crippen LogP contribution in [0.2, 0.25) is 0 Å². The highest BCUT2D eigenvalue weighted by molar-refractivity contribution is 6.01. The first-order chi connectivity index (χ1) is 18.6. The third kappa shape index (κ3) is 8.10. The van der Waals surface area contributed by atoms with Crippen LogP contribution < -0.4 is 15.4 Å². The molecule has 0 spiro atoms. The lowest BCUT2D eigenvalue weighted by Crippen LogP contribution is -2.47. The molecule has 1 aliphatic heterocycles. The zero-order valence-corrected chi connectivity index (χ0v) is 22.9. The van der Waals surface area contributed by atoms with Crippen LogP contribution in [0, 0.1) is 6.92 Å². The molecule has 210 valence electrons. The number of hydrogen-bond acceptors (Lipinski definition) is 5. The number of aliphatic carboxylic acids is 1. The Kier molecular flexibility index (Phi) is 10.1. The van der Waals surface area contributed by atoms with Crippen molar-refractivity contribution in [3.8, 4) is 5.75 Å². The first kappa shape index (κ1) is 29.3. The van der Waals surface area contributed by atoms with Crippen molar-refractivity contribution in [1.29, 1.82) is 0 Å². The lowest BCUT2D eigenvalue weighted by atomic mass is 10.1. The van der Waals surface area contributed by atoms with Gasteiger partial charge in [-0.15, -0.1) is 0 Å². The molecule has 1 fully saturated rings. The molecule has 2 aromatic rings. The Morgan fingerprint density at radius 2 is 1.67 bits per heavy atom. The molecule has 0 radical (unpaired) electrons. The Balaban J connectivity index is 1.57. The van der Waals surface area contributed by atoms with Crippen molar-refractivity contribution in [2.24, 2.45) is 0 Å². The van der Waals surface area contributed by atoms with Gasteiger partial charge in [-0.05, 0) is 49.6 Å². The number of carbonyl (C=O) groups is 4. The SMILES string of the molecule is COc1cc(CC(=O)N2CCCN(C(=O)N(C)C(C)CC(=O)O)CC2)ccc1NC(=O)Nc1ccccc1C. The van der Waals surface area contributed by atoms with Gasteiger partial charge in [-0.2, -0.15) is 0 Å². The van der Waals surface area contributed by atoms with Crippen LogP contribution in [0.5, 0.6) is 5.75 Å². The zero-order valence-electron chi connectivity index (χ0n) is 22.9. The number of carbonyl (C=O) groups excluding carboxylic acids is 3. The van der Waals surface area contributed by atoms with Gasteiger partial charge in [0.05, 0.1) is 25.6 Å². The van der Waals surface area contributed by atoms with Crippen LogP contribution in [0.25, 0.3) is 0 Å². The molecule has 39 heavy (non-hydrogen) atoms. The number of aryl methyl sites for hydroxylation is 1. The highest BCUT2D eigenvalue weighted by Crippen LogP contribution is 2.27. The Hall–Kier alpha value is -4.28. The number of methoxy groups -OCH3 is 1. The van der Waals surface area contributed by atoms with Crippen LogP contribution in [0.1, 0.15) is 30.9 Å². The van der Waals surface area contributed by atoms with Gasteiger partial charge < -0.3 is 35.2 Å². The maximum absolute atomic E-state index is 13.1. The van der Waals surface area contributed by atoms with Crippen molar-refractivity contribution in [3.05, 3.63) is 53.6 Å². The van der Waals surface area contributed by atoms with E-state index < -0.39 is 18.0 Å². The van der Waals surface area contributed by atoms with Gasteiger partial charge in [0.1, 0.15) is 5.75 Å². The standard InChI is InChI=1S/C28H37N5O6/c1-19-8-5-6-9-22(19)29-27(37)30-23-11-10-21(17-24(23)39-4)18-25(34)32-12-7-13-33(15-14-32)28(38)31(3)20(2)16-26(35)36/h5-6,8-11,17,20H,7,12-16,18H2,1-4H3,(H,35,36)(H2,29,30,37). The van der Waals surface area contributed by atoms with Gasteiger partial charge in [0.25, 0.3) is 0 Å². The number of carboxylic acid groups (broad SMARTS) is 1. The number of rotatable bonds is 8. The van der Waals surface area contributed by atoms with Gasteiger partial charge in [-0.1, -0.05) is 24.3 Å². The zero-order chi connectivity index (χ0) is 28.5. The minimum Gasteiger partial charge on any atom is -0.495 e. The Morgan fingerprint density at radius 3 is 2.36 bits per heavy atom. The number of amides is 5. The molecule has 1 heterocycles. The molecule has 1 unspecified atom stereocenters. The summed E-state index contributed by atoms with van der Waals surface area (Å²) in [5.74, 6) is -0.593. The highest BCUT2D eigenvalue weighted by atomic mass is 16.5. The molecular formula is C28H37N5O6. The van der Waals surface area contributed by atoms with E-state index >= 15 is 0 Å². The van der Waals surface area contributed by atoms with E-state index in [0.29, 0.717) is 49.7 Å². The predicted octanol–water partition coefficient (Wildman–Crippen LogP) is 3.64. The summed E-state index contributed by atoms with van der Waals surface area (Å²) < 4.78 is 5.46. The molecule has 3 N–H and O–H groups in total. The van der Waals surface area contributed by atoms with E-state index in [-0.39, 0.29) is 24.8 Å². The molecule has 0 bridgehead atoms. The summed E-state index contributed by atoms with van der Waals surface area (Å²) in [7, 11) is 3.10. The third-order valence-electron chi connectivity index (χ3n) is 6.81. The van der Waals surface area contributed by atoms with Crippen molar-refractivity contribution in [2.45, 2.75) is 39.2 Å². The smallest absolute Gasteiger partial charge is 0.323 e. The molecule has 0 saturated carbocycles. The largest absolute Gasteiger partial charge is 0.495 e. The number of benzene rings is 2. The summed E-state index contributed by atoms with van der Waals surface area (Å²) in [5, 5.41) is 14.6. The highest BCUT2D eigenvalue weighted by Gasteiger charge is 2.27. The van der Waals surface area contributed by atoms with Gasteiger partial charge in [0.15, 0.2) is 0 Å². The molecule has 1 saturated heterocycles. The third-order valence-corrected chi connectivity index (χ3v) is 6.81. The average Bonchev–Trinajstić information content (AvgIpc) is 3.16. The molecule has 0 aromatic heterocycles. The van der Waals surface area contributed by atoms with E-state index in [1.807, 2.05) is 31.2 Å². The fourth-order valence-electron chi connectivity index (χ4n) is 4.38. The molecule has 0 aliphatic carbocycles. The van der Waals surface area contributed by atoms with Gasteiger partial charge in [0.2, 0.25) is 5.91 Å². The van der Waals surface area contributed by atoms with Crippen molar-refractivity contribution >= 4 is 35.3 Å². The minimum absolute atomic E-state index is 0.0723. The van der Waals surface area contributed by atoms with Gasteiger partial charge >= 0.3 is 18.0 Å². The summed E-state index contributed by atoms with van der Waals surface area (Å²) in [6, 6.07) is 11.6. The van der Waals surface area contributed by atoms with Gasteiger partial charge in [-0.3, -0.25) is 9.59 Å². The number of ether oxygens (including phenoxy) is 1.